The Morgan fingerprint density at radius 3 is 0.919 bits per heavy atom. The van der Waals surface area contributed by atoms with Crippen LogP contribution in [-0.4, -0.2) is 96.7 Å². The molecule has 17 nitrogen and oxygen atoms in total. The molecule has 0 bridgehead atoms. The highest BCUT2D eigenvalue weighted by Crippen LogP contribution is 2.45. The number of phosphoric acid groups is 2. The summed E-state index contributed by atoms with van der Waals surface area (Å²) in [5.41, 5.74) is 0. The molecule has 0 spiro atoms. The van der Waals surface area contributed by atoms with Gasteiger partial charge in [-0.1, -0.05) is 214 Å². The lowest BCUT2D eigenvalue weighted by Crippen LogP contribution is -2.30. The van der Waals surface area contributed by atoms with Crippen molar-refractivity contribution in [3.8, 4) is 0 Å². The van der Waals surface area contributed by atoms with Crippen molar-refractivity contribution in [3.05, 3.63) is 0 Å². The van der Waals surface area contributed by atoms with Gasteiger partial charge in [0.1, 0.15) is 19.3 Å². The summed E-state index contributed by atoms with van der Waals surface area (Å²) in [6.45, 7) is 6.88. The highest BCUT2D eigenvalue weighted by atomic mass is 31.2. The number of ether oxygens (including phenoxy) is 4. The lowest BCUT2D eigenvalue weighted by molar-refractivity contribution is -0.161. The molecule has 0 aliphatic rings. The number of unbranched alkanes of at least 4 members (excludes halogenated alkanes) is 27. The fourth-order valence-corrected chi connectivity index (χ4v) is 9.57. The molecule has 3 N–H and O–H groups in total. The zero-order valence-electron chi connectivity index (χ0n) is 47.0. The molecule has 0 saturated carbocycles. The maximum Gasteiger partial charge on any atom is 0.472 e. The van der Waals surface area contributed by atoms with Gasteiger partial charge in [0.25, 0.3) is 0 Å². The highest BCUT2D eigenvalue weighted by molar-refractivity contribution is 7.47. The van der Waals surface area contributed by atoms with E-state index in [1.54, 1.807) is 0 Å². The molecular weight excluding hydrogens is 995 g/mol. The fourth-order valence-electron chi connectivity index (χ4n) is 7.99. The van der Waals surface area contributed by atoms with Gasteiger partial charge in [0.15, 0.2) is 12.2 Å². The van der Waals surface area contributed by atoms with Crippen molar-refractivity contribution in [2.75, 3.05) is 39.6 Å². The molecule has 0 fully saturated rings. The van der Waals surface area contributed by atoms with Crippen molar-refractivity contribution in [1.82, 2.24) is 0 Å². The van der Waals surface area contributed by atoms with Gasteiger partial charge in [-0.15, -0.1) is 0 Å². The largest absolute Gasteiger partial charge is 0.472 e. The number of carbonyl (C=O) groups excluding carboxylic acids is 4. The summed E-state index contributed by atoms with van der Waals surface area (Å²) >= 11 is 0. The van der Waals surface area contributed by atoms with Gasteiger partial charge in [-0.2, -0.15) is 0 Å². The molecule has 0 radical (unpaired) electrons. The quantitative estimate of drug-likeness (QED) is 0.0222. The number of phosphoric ester groups is 2. The third kappa shape index (κ3) is 49.6. The van der Waals surface area contributed by atoms with E-state index >= 15 is 0 Å². The van der Waals surface area contributed by atoms with Gasteiger partial charge in [-0.05, 0) is 31.6 Å². The molecule has 438 valence electrons. The molecule has 74 heavy (non-hydrogen) atoms. The first kappa shape index (κ1) is 72.1. The number of esters is 4. The van der Waals surface area contributed by atoms with Crippen LogP contribution in [0.5, 0.6) is 0 Å². The number of aliphatic hydroxyl groups excluding tert-OH is 1. The van der Waals surface area contributed by atoms with Crippen LogP contribution in [0, 0.1) is 5.92 Å². The number of carbonyl (C=O) groups is 4. The summed E-state index contributed by atoms with van der Waals surface area (Å²) in [6.07, 6.45) is 30.6. The summed E-state index contributed by atoms with van der Waals surface area (Å²) in [7, 11) is -9.84. The van der Waals surface area contributed by atoms with Crippen LogP contribution in [0.4, 0.5) is 0 Å². The van der Waals surface area contributed by atoms with Crippen LogP contribution in [0.15, 0.2) is 0 Å². The Labute approximate surface area is 447 Å². The molecule has 0 saturated heterocycles. The Bertz CT molecular complexity index is 1470. The first-order chi connectivity index (χ1) is 35.5. The van der Waals surface area contributed by atoms with Gasteiger partial charge < -0.3 is 33.8 Å². The lowest BCUT2D eigenvalue weighted by atomic mass is 10.0. The van der Waals surface area contributed by atoms with E-state index in [2.05, 4.69) is 34.6 Å². The second kappa shape index (κ2) is 49.4. The zero-order valence-corrected chi connectivity index (χ0v) is 48.7. The number of hydrogen-bond acceptors (Lipinski definition) is 15. The van der Waals surface area contributed by atoms with Gasteiger partial charge in [0.05, 0.1) is 26.4 Å². The Balaban J connectivity index is 4.94. The maximum absolute atomic E-state index is 12.8. The van der Waals surface area contributed by atoms with Gasteiger partial charge in [0.2, 0.25) is 0 Å². The molecule has 0 aliphatic heterocycles. The average molecular weight is 1100 g/mol. The minimum atomic E-state index is -4.92. The van der Waals surface area contributed by atoms with Crippen LogP contribution in [0.2, 0.25) is 0 Å². The van der Waals surface area contributed by atoms with Gasteiger partial charge >= 0.3 is 39.5 Å². The van der Waals surface area contributed by atoms with E-state index in [1.165, 1.54) is 77.0 Å². The predicted molar refractivity (Wildman–Crippen MR) is 289 cm³/mol. The Kier molecular flexibility index (Phi) is 48.1. The number of rotatable bonds is 55. The van der Waals surface area contributed by atoms with E-state index < -0.39 is 97.5 Å². The molecular formula is C55H106O17P2. The number of aliphatic hydroxyl groups is 1. The van der Waals surface area contributed by atoms with Gasteiger partial charge in [-0.3, -0.25) is 37.3 Å². The molecule has 0 heterocycles. The van der Waals surface area contributed by atoms with Crippen LogP contribution >= 0.6 is 15.6 Å². The predicted octanol–water partition coefficient (Wildman–Crippen LogP) is 14.3. The second-order valence-electron chi connectivity index (χ2n) is 20.4. The Morgan fingerprint density at radius 1 is 0.365 bits per heavy atom. The van der Waals surface area contributed by atoms with E-state index in [0.29, 0.717) is 25.7 Å². The van der Waals surface area contributed by atoms with Crippen molar-refractivity contribution < 1.29 is 80.2 Å². The molecule has 0 aliphatic carbocycles. The van der Waals surface area contributed by atoms with Crippen LogP contribution in [0.3, 0.4) is 0 Å². The summed E-state index contributed by atoms with van der Waals surface area (Å²) in [6, 6.07) is 0. The third-order valence-electron chi connectivity index (χ3n) is 12.5. The normalized spacial score (nSPS) is 14.5. The summed E-state index contributed by atoms with van der Waals surface area (Å²) < 4.78 is 67.0. The molecule has 0 aromatic carbocycles. The maximum atomic E-state index is 12.8. The van der Waals surface area contributed by atoms with Crippen LogP contribution < -0.4 is 0 Å². The topological polar surface area (TPSA) is 237 Å². The van der Waals surface area contributed by atoms with Crippen molar-refractivity contribution in [1.29, 1.82) is 0 Å². The SMILES string of the molecule is CCCCCCCC(=O)OC[C@H](COP(=O)(O)OC[C@H](O)COP(=O)(O)OC[C@@H](COC(=O)CCCCCCC)OC(=O)CCCCCCCCCCCCCCCCCCC(C)C)OC(=O)CCCCCCC. The van der Waals surface area contributed by atoms with E-state index in [0.717, 1.165) is 109 Å². The van der Waals surface area contributed by atoms with Crippen molar-refractivity contribution in [2.45, 2.75) is 284 Å². The minimum Gasteiger partial charge on any atom is -0.462 e. The van der Waals surface area contributed by atoms with Gasteiger partial charge in [-0.25, -0.2) is 9.13 Å². The lowest BCUT2D eigenvalue weighted by Gasteiger charge is -2.21. The molecule has 19 heteroatoms. The molecule has 2 unspecified atom stereocenters. The third-order valence-corrected chi connectivity index (χ3v) is 14.4. The van der Waals surface area contributed by atoms with Crippen molar-refractivity contribution in [3.63, 3.8) is 0 Å². The molecule has 5 atom stereocenters. The zero-order chi connectivity index (χ0) is 55.0. The van der Waals surface area contributed by atoms with E-state index in [-0.39, 0.29) is 25.7 Å². The second-order valence-corrected chi connectivity index (χ2v) is 23.4. The Hall–Kier alpha value is -1.94. The van der Waals surface area contributed by atoms with Crippen LogP contribution in [0.25, 0.3) is 0 Å². The molecule has 0 rings (SSSR count). The van der Waals surface area contributed by atoms with Crippen molar-refractivity contribution >= 4 is 39.5 Å². The summed E-state index contributed by atoms with van der Waals surface area (Å²) in [5, 5.41) is 10.4. The van der Waals surface area contributed by atoms with Crippen LogP contribution in [-0.2, 0) is 65.4 Å². The Morgan fingerprint density at radius 2 is 0.622 bits per heavy atom. The molecule has 0 amide bonds. The van der Waals surface area contributed by atoms with E-state index in [4.69, 9.17) is 37.0 Å². The standard InChI is InChI=1S/C55H106O17P2/c1-6-9-12-27-33-38-52(57)65-44-50(71-54(59)40-35-29-14-11-8-3)46-69-73(61,62)67-42-49(56)43-68-74(63,64)70-47-51(45-66-53(58)39-34-28-13-10-7-2)72-55(60)41-36-31-26-24-22-20-18-16-15-17-19-21-23-25-30-32-37-48(4)5/h48-51,56H,6-47H2,1-5H3,(H,61,62)(H,63,64)/t49-,50+,51+/m0/s1. The summed E-state index contributed by atoms with van der Waals surface area (Å²) in [5.74, 6) is -1.37. The first-order valence-electron chi connectivity index (χ1n) is 29.1. The van der Waals surface area contributed by atoms with E-state index in [1.807, 2.05) is 0 Å². The monoisotopic (exact) mass is 1100 g/mol. The minimum absolute atomic E-state index is 0.0986. The average Bonchev–Trinajstić information content (AvgIpc) is 3.36. The smallest absolute Gasteiger partial charge is 0.462 e. The van der Waals surface area contributed by atoms with Crippen molar-refractivity contribution in [2.24, 2.45) is 5.92 Å². The van der Waals surface area contributed by atoms with Gasteiger partial charge in [0, 0.05) is 25.7 Å². The number of hydrogen-bond donors (Lipinski definition) is 3. The first-order valence-corrected chi connectivity index (χ1v) is 32.1. The van der Waals surface area contributed by atoms with Crippen LogP contribution in [0.1, 0.15) is 266 Å². The summed E-state index contributed by atoms with van der Waals surface area (Å²) in [4.78, 5) is 71.0. The highest BCUT2D eigenvalue weighted by Gasteiger charge is 2.30. The van der Waals surface area contributed by atoms with E-state index in [9.17, 15) is 43.2 Å². The molecule has 0 aromatic rings. The fraction of sp³-hybridized carbons (Fsp3) is 0.927. The molecule has 0 aromatic heterocycles.